The van der Waals surface area contributed by atoms with Gasteiger partial charge in [0.15, 0.2) is 6.61 Å². The lowest BCUT2D eigenvalue weighted by molar-refractivity contribution is -0.143. The van der Waals surface area contributed by atoms with E-state index in [1.54, 1.807) is 18.2 Å². The fraction of sp³-hybridized carbons (Fsp3) is 0.387. The average molecular weight is 708 g/mol. The number of carbonyl (C=O) groups excluding carboxylic acids is 3. The molecule has 47 heavy (non-hydrogen) atoms. The Morgan fingerprint density at radius 2 is 1.83 bits per heavy atom. The summed E-state index contributed by atoms with van der Waals surface area (Å²) in [5.41, 5.74) is -0.397. The van der Waals surface area contributed by atoms with E-state index < -0.39 is 48.0 Å². The molecule has 246 valence electrons. The molecule has 7 rings (SSSR count). The van der Waals surface area contributed by atoms with Crippen LogP contribution in [0.5, 0.6) is 5.75 Å². The summed E-state index contributed by atoms with van der Waals surface area (Å²) in [4.78, 5) is 68.1. The number of thiazole rings is 1. The van der Waals surface area contributed by atoms with Crippen LogP contribution in [0.1, 0.15) is 34.8 Å². The number of carbonyl (C=O) groups is 4. The minimum absolute atomic E-state index is 0.0525. The highest BCUT2D eigenvalue weighted by Crippen LogP contribution is 2.69. The number of amides is 3. The maximum atomic E-state index is 13.6. The molecule has 0 radical (unpaired) electrons. The molecule has 3 heterocycles. The molecule has 3 amide bonds. The first-order valence-electron chi connectivity index (χ1n) is 14.7. The van der Waals surface area contributed by atoms with Gasteiger partial charge in [0.1, 0.15) is 5.75 Å². The van der Waals surface area contributed by atoms with E-state index in [-0.39, 0.29) is 64.1 Å². The number of benzene rings is 2. The van der Waals surface area contributed by atoms with Gasteiger partial charge in [-0.15, -0.1) is 11.8 Å². The third-order valence-corrected chi connectivity index (χ3v) is 12.3. The quantitative estimate of drug-likeness (QED) is 0.275. The number of nitrogens with zero attached hydrogens (tertiary/aromatic N) is 1. The molecule has 2 bridgehead atoms. The normalized spacial score (nSPS) is 27.4. The Kier molecular flexibility index (Phi) is 7.91. The number of carboxylic acid groups (broad SMARTS) is 1. The van der Waals surface area contributed by atoms with Crippen molar-refractivity contribution < 1.29 is 42.2 Å². The van der Waals surface area contributed by atoms with Crippen molar-refractivity contribution in [1.82, 2.24) is 9.88 Å². The van der Waals surface area contributed by atoms with E-state index in [1.807, 2.05) is 0 Å². The zero-order chi connectivity index (χ0) is 33.4. The van der Waals surface area contributed by atoms with Gasteiger partial charge in [0, 0.05) is 38.9 Å². The lowest BCUT2D eigenvalue weighted by Gasteiger charge is -2.43. The fourth-order valence-corrected chi connectivity index (χ4v) is 10.9. The Morgan fingerprint density at radius 3 is 2.55 bits per heavy atom. The highest BCUT2D eigenvalue weighted by Gasteiger charge is 2.69. The van der Waals surface area contributed by atoms with Gasteiger partial charge in [0.25, 0.3) is 5.91 Å². The number of alkyl halides is 3. The summed E-state index contributed by atoms with van der Waals surface area (Å²) in [7, 11) is 0. The standard InChI is InChI=1S/C31H25ClF3N3O7S2/c32-13-4-5-18(45-11-19(39)36-14-3-1-2-12(8-14)31(33,34)35)15(9-13)21-22-16-10-17(25(22)46-27-26(21)47-30(44)37-27)24-23(16)28(42)38(29(24)43)7-6-20(40)41/h1-5,8-9,16-17,21-25H,6-7,10-11H2,(H,36,39)(H,37,44)(H,40,41)/t16?,17?,21-,22?,23?,24?,25?/m1/s1. The van der Waals surface area contributed by atoms with Crippen molar-refractivity contribution in [2.45, 2.75) is 35.2 Å². The first-order chi connectivity index (χ1) is 22.3. The van der Waals surface area contributed by atoms with Crippen molar-refractivity contribution in [3.05, 3.63) is 73.2 Å². The number of fused-ring (bicyclic) bond motifs is 9. The van der Waals surface area contributed by atoms with Crippen molar-refractivity contribution >= 4 is 64.1 Å². The van der Waals surface area contributed by atoms with Crippen LogP contribution in [0.4, 0.5) is 18.9 Å². The van der Waals surface area contributed by atoms with Gasteiger partial charge in [-0.05, 0) is 60.6 Å². The largest absolute Gasteiger partial charge is 0.483 e. The van der Waals surface area contributed by atoms with Crippen LogP contribution in [0.25, 0.3) is 0 Å². The molecule has 1 saturated heterocycles. The lowest BCUT2D eigenvalue weighted by atomic mass is 9.68. The van der Waals surface area contributed by atoms with Crippen molar-refractivity contribution in [3.8, 4) is 5.75 Å². The molecule has 2 aromatic carbocycles. The molecule has 0 spiro atoms. The maximum Gasteiger partial charge on any atom is 0.416 e. The van der Waals surface area contributed by atoms with Crippen molar-refractivity contribution in [1.29, 1.82) is 0 Å². The highest BCUT2D eigenvalue weighted by atomic mass is 35.5. The number of rotatable bonds is 8. The van der Waals surface area contributed by atoms with E-state index in [9.17, 15) is 37.1 Å². The number of imide groups is 1. The minimum Gasteiger partial charge on any atom is -0.483 e. The van der Waals surface area contributed by atoms with E-state index >= 15 is 0 Å². The number of ether oxygens (including phenoxy) is 1. The number of halogens is 4. The summed E-state index contributed by atoms with van der Waals surface area (Å²) in [6, 6.07) is 9.05. The summed E-state index contributed by atoms with van der Waals surface area (Å²) in [5, 5.41) is 12.4. The van der Waals surface area contributed by atoms with Crippen molar-refractivity contribution in [2.75, 3.05) is 18.5 Å². The van der Waals surface area contributed by atoms with E-state index in [4.69, 9.17) is 21.4 Å². The van der Waals surface area contributed by atoms with Gasteiger partial charge in [-0.1, -0.05) is 29.0 Å². The van der Waals surface area contributed by atoms with Gasteiger partial charge in [-0.3, -0.25) is 28.9 Å². The first-order valence-corrected chi connectivity index (χ1v) is 16.7. The SMILES string of the molecule is O=C(O)CCN1C(=O)C2C3CC(C2C1=O)C1C3Sc2[nH]c(=O)sc2[C@@H]1c1cc(Cl)ccc1OCC(=O)Nc1cccc(C(F)(F)F)c1. The molecule has 1 aromatic heterocycles. The minimum atomic E-state index is -4.58. The second kappa shape index (κ2) is 11.7. The van der Waals surface area contributed by atoms with Crippen LogP contribution in [0.15, 0.2) is 52.3 Å². The molecule has 16 heteroatoms. The van der Waals surface area contributed by atoms with Crippen molar-refractivity contribution in [2.24, 2.45) is 29.6 Å². The molecule has 2 saturated carbocycles. The summed E-state index contributed by atoms with van der Waals surface area (Å²) in [5.74, 6) is -4.62. The lowest BCUT2D eigenvalue weighted by Crippen LogP contribution is -2.42. The summed E-state index contributed by atoms with van der Waals surface area (Å²) in [6.45, 7) is -0.736. The topological polar surface area (TPSA) is 146 Å². The number of hydrogen-bond acceptors (Lipinski definition) is 8. The molecule has 2 aliphatic heterocycles. The van der Waals surface area contributed by atoms with Crippen LogP contribution < -0.4 is 14.9 Å². The molecule has 2 aliphatic carbocycles. The van der Waals surface area contributed by atoms with Gasteiger partial charge >= 0.3 is 17.0 Å². The number of carboxylic acids is 1. The maximum absolute atomic E-state index is 13.6. The zero-order valence-corrected chi connectivity index (χ0v) is 26.5. The number of hydrogen-bond donors (Lipinski definition) is 3. The van der Waals surface area contributed by atoms with Crippen LogP contribution in [-0.2, 0) is 25.4 Å². The van der Waals surface area contributed by atoms with Crippen LogP contribution in [-0.4, -0.2) is 57.1 Å². The molecule has 6 unspecified atom stereocenters. The second-order valence-corrected chi connectivity index (χ2v) is 14.7. The van der Waals surface area contributed by atoms with Crippen molar-refractivity contribution in [3.63, 3.8) is 0 Å². The number of aromatic amines is 1. The molecule has 7 atom stereocenters. The number of aliphatic carboxylic acids is 1. The van der Waals surface area contributed by atoms with E-state index in [1.165, 1.54) is 23.9 Å². The second-order valence-electron chi connectivity index (χ2n) is 12.0. The van der Waals surface area contributed by atoms with Gasteiger partial charge in [-0.2, -0.15) is 13.2 Å². The van der Waals surface area contributed by atoms with Gasteiger partial charge in [0.05, 0.1) is 28.8 Å². The molecule has 4 aliphatic rings. The number of aromatic nitrogens is 1. The Balaban J connectivity index is 1.19. The smallest absolute Gasteiger partial charge is 0.416 e. The molecule has 3 aromatic rings. The number of nitrogens with one attached hydrogen (secondary N) is 2. The molecule has 10 nitrogen and oxygen atoms in total. The highest BCUT2D eigenvalue weighted by molar-refractivity contribution is 8.00. The predicted octanol–water partition coefficient (Wildman–Crippen LogP) is 5.07. The Morgan fingerprint density at radius 1 is 1.09 bits per heavy atom. The van der Waals surface area contributed by atoms with Gasteiger partial charge < -0.3 is 20.1 Å². The molecular formula is C31H25ClF3N3O7S2. The third kappa shape index (κ3) is 5.51. The Hall–Kier alpha value is -3.82. The fourth-order valence-electron chi connectivity index (χ4n) is 7.86. The van der Waals surface area contributed by atoms with E-state index in [0.717, 1.165) is 28.4 Å². The van der Waals surface area contributed by atoms with Crippen LogP contribution in [0.3, 0.4) is 0 Å². The van der Waals surface area contributed by atoms with Gasteiger partial charge in [-0.25, -0.2) is 0 Å². The monoisotopic (exact) mass is 707 g/mol. The predicted molar refractivity (Wildman–Crippen MR) is 164 cm³/mol. The number of H-pyrrole nitrogens is 1. The Bertz CT molecular complexity index is 1880. The molecular weight excluding hydrogens is 683 g/mol. The summed E-state index contributed by atoms with van der Waals surface area (Å²) < 4.78 is 45.4. The number of likely N-dealkylation sites (tertiary alicyclic amines) is 1. The van der Waals surface area contributed by atoms with Crippen LogP contribution in [0, 0.1) is 29.6 Å². The summed E-state index contributed by atoms with van der Waals surface area (Å²) in [6.07, 6.45) is -4.33. The zero-order valence-electron chi connectivity index (χ0n) is 24.1. The molecule has 3 N–H and O–H groups in total. The first kappa shape index (κ1) is 31.8. The van der Waals surface area contributed by atoms with Gasteiger partial charge in [0.2, 0.25) is 11.8 Å². The average Bonchev–Trinajstić information content (AvgIpc) is 3.74. The number of anilines is 1. The van der Waals surface area contributed by atoms with E-state index in [0.29, 0.717) is 26.9 Å². The van der Waals surface area contributed by atoms with Crippen LogP contribution in [0.2, 0.25) is 5.02 Å². The Labute approximate surface area is 277 Å². The summed E-state index contributed by atoms with van der Waals surface area (Å²) >= 11 is 8.97. The van der Waals surface area contributed by atoms with E-state index in [2.05, 4.69) is 10.3 Å². The molecule has 3 fully saturated rings. The number of thioether (sulfide) groups is 1. The third-order valence-electron chi connectivity index (χ3n) is 9.50. The van der Waals surface area contributed by atoms with Crippen LogP contribution >= 0.6 is 34.7 Å².